The molecule has 0 saturated heterocycles. The fourth-order valence-electron chi connectivity index (χ4n) is 2.33. The molecule has 0 radical (unpaired) electrons. The summed E-state index contributed by atoms with van der Waals surface area (Å²) < 4.78 is 6.69. The average molecular weight is 341 g/mol. The number of carbonyl (C=O) groups is 1. The summed E-state index contributed by atoms with van der Waals surface area (Å²) in [4.78, 5) is 16.4. The molecule has 0 bridgehead atoms. The van der Waals surface area contributed by atoms with E-state index in [4.69, 9.17) is 4.52 Å². The van der Waals surface area contributed by atoms with Crippen LogP contribution >= 0.6 is 0 Å². The molecule has 0 aliphatic carbocycles. The van der Waals surface area contributed by atoms with Crippen molar-refractivity contribution in [3.8, 4) is 11.5 Å². The van der Waals surface area contributed by atoms with Crippen LogP contribution in [-0.2, 0) is 12.6 Å². The Hall–Kier alpha value is -3.00. The van der Waals surface area contributed by atoms with E-state index >= 15 is 0 Å². The van der Waals surface area contributed by atoms with Crippen molar-refractivity contribution in [1.29, 1.82) is 0 Å². The Morgan fingerprint density at radius 3 is 2.64 bits per heavy atom. The standard InChI is InChI=1S/C17H19N5O3/c1-11-20-16(25-21-11)13-6-4-12(5-7-13)15(23)18-10-17(2,24)14-8-19-22(3)9-14/h4-9,24H,10H2,1-3H3,(H,18,23). The van der Waals surface area contributed by atoms with Crippen LogP contribution in [0, 0.1) is 6.92 Å². The van der Waals surface area contributed by atoms with Gasteiger partial charge < -0.3 is 14.9 Å². The maximum Gasteiger partial charge on any atom is 0.257 e. The van der Waals surface area contributed by atoms with E-state index in [1.807, 2.05) is 0 Å². The highest BCUT2D eigenvalue weighted by atomic mass is 16.5. The summed E-state index contributed by atoms with van der Waals surface area (Å²) in [6.07, 6.45) is 3.29. The van der Waals surface area contributed by atoms with Crippen LogP contribution < -0.4 is 5.32 Å². The number of benzene rings is 1. The van der Waals surface area contributed by atoms with E-state index in [0.717, 1.165) is 5.56 Å². The van der Waals surface area contributed by atoms with Crippen LogP contribution in [0.1, 0.15) is 28.7 Å². The largest absolute Gasteiger partial charge is 0.383 e. The van der Waals surface area contributed by atoms with E-state index in [-0.39, 0.29) is 12.5 Å². The third-order valence-corrected chi connectivity index (χ3v) is 3.84. The number of aryl methyl sites for hydroxylation is 2. The first-order valence-electron chi connectivity index (χ1n) is 7.75. The van der Waals surface area contributed by atoms with E-state index < -0.39 is 5.60 Å². The van der Waals surface area contributed by atoms with Gasteiger partial charge in [0.1, 0.15) is 5.60 Å². The first kappa shape index (κ1) is 16.8. The summed E-state index contributed by atoms with van der Waals surface area (Å²) in [5.41, 5.74) is 0.643. The summed E-state index contributed by atoms with van der Waals surface area (Å²) in [7, 11) is 1.77. The van der Waals surface area contributed by atoms with Gasteiger partial charge in [0.15, 0.2) is 5.82 Å². The number of aliphatic hydroxyl groups is 1. The van der Waals surface area contributed by atoms with Crippen LogP contribution in [0.3, 0.4) is 0 Å². The number of hydrogen-bond donors (Lipinski definition) is 2. The van der Waals surface area contributed by atoms with Crippen molar-refractivity contribution in [2.45, 2.75) is 19.4 Å². The van der Waals surface area contributed by atoms with Crippen LogP contribution in [0.15, 0.2) is 41.2 Å². The minimum atomic E-state index is -1.20. The predicted octanol–water partition coefficient (Wildman–Crippen LogP) is 1.42. The zero-order valence-corrected chi connectivity index (χ0v) is 14.2. The van der Waals surface area contributed by atoms with Gasteiger partial charge in [-0.2, -0.15) is 10.1 Å². The third-order valence-electron chi connectivity index (χ3n) is 3.84. The topological polar surface area (TPSA) is 106 Å². The Balaban J connectivity index is 1.65. The van der Waals surface area contributed by atoms with Gasteiger partial charge in [0.2, 0.25) is 0 Å². The van der Waals surface area contributed by atoms with E-state index in [0.29, 0.717) is 22.8 Å². The van der Waals surface area contributed by atoms with Crippen LogP contribution in [0.25, 0.3) is 11.5 Å². The Bertz CT molecular complexity index is 880. The fourth-order valence-corrected chi connectivity index (χ4v) is 2.33. The van der Waals surface area contributed by atoms with Gasteiger partial charge in [-0.05, 0) is 38.1 Å². The zero-order valence-electron chi connectivity index (χ0n) is 14.2. The van der Waals surface area contributed by atoms with Gasteiger partial charge in [0.25, 0.3) is 11.8 Å². The molecular weight excluding hydrogens is 322 g/mol. The molecule has 1 amide bonds. The maximum absolute atomic E-state index is 12.3. The molecule has 0 fully saturated rings. The van der Waals surface area contributed by atoms with Gasteiger partial charge in [-0.15, -0.1) is 0 Å². The van der Waals surface area contributed by atoms with E-state index in [1.54, 1.807) is 62.2 Å². The van der Waals surface area contributed by atoms with Gasteiger partial charge in [-0.1, -0.05) is 5.16 Å². The molecular formula is C17H19N5O3. The van der Waals surface area contributed by atoms with Gasteiger partial charge in [-0.3, -0.25) is 9.48 Å². The summed E-state index contributed by atoms with van der Waals surface area (Å²) >= 11 is 0. The molecule has 130 valence electrons. The van der Waals surface area contributed by atoms with Crippen LogP contribution in [0.2, 0.25) is 0 Å². The highest BCUT2D eigenvalue weighted by Crippen LogP contribution is 2.20. The van der Waals surface area contributed by atoms with Crippen molar-refractivity contribution in [2.24, 2.45) is 7.05 Å². The van der Waals surface area contributed by atoms with Crippen LogP contribution in [-0.4, -0.2) is 37.5 Å². The summed E-state index contributed by atoms with van der Waals surface area (Å²) in [6, 6.07) is 6.81. The molecule has 0 spiro atoms. The average Bonchev–Trinajstić information content (AvgIpc) is 3.22. The number of nitrogens with zero attached hydrogens (tertiary/aromatic N) is 4. The lowest BCUT2D eigenvalue weighted by Gasteiger charge is -2.22. The summed E-state index contributed by atoms with van der Waals surface area (Å²) in [5.74, 6) is 0.677. The Morgan fingerprint density at radius 2 is 2.08 bits per heavy atom. The molecule has 1 aromatic carbocycles. The minimum absolute atomic E-state index is 0.0716. The number of rotatable bonds is 5. The molecule has 8 heteroatoms. The van der Waals surface area contributed by atoms with Gasteiger partial charge in [0.05, 0.1) is 12.7 Å². The van der Waals surface area contributed by atoms with Crippen molar-refractivity contribution in [3.05, 3.63) is 53.6 Å². The molecule has 1 unspecified atom stereocenters. The van der Waals surface area contributed by atoms with E-state index in [9.17, 15) is 9.90 Å². The third kappa shape index (κ3) is 3.74. The van der Waals surface area contributed by atoms with Crippen molar-refractivity contribution in [2.75, 3.05) is 6.54 Å². The Kier molecular flexibility index (Phi) is 4.37. The molecule has 3 aromatic rings. The molecule has 0 saturated carbocycles. The van der Waals surface area contributed by atoms with Crippen molar-refractivity contribution in [3.63, 3.8) is 0 Å². The SMILES string of the molecule is Cc1noc(-c2ccc(C(=O)NCC(C)(O)c3cnn(C)c3)cc2)n1. The number of carbonyl (C=O) groups excluding carboxylic acids is 1. The van der Waals surface area contributed by atoms with Crippen molar-refractivity contribution in [1.82, 2.24) is 25.2 Å². The van der Waals surface area contributed by atoms with Gasteiger partial charge in [0, 0.05) is 29.9 Å². The second kappa shape index (κ2) is 6.48. The van der Waals surface area contributed by atoms with Crippen LogP contribution in [0.5, 0.6) is 0 Å². The van der Waals surface area contributed by atoms with Crippen molar-refractivity contribution < 1.29 is 14.4 Å². The molecule has 3 rings (SSSR count). The molecule has 0 aliphatic rings. The summed E-state index contributed by atoms with van der Waals surface area (Å²) in [5, 5.41) is 21.0. The second-order valence-electron chi connectivity index (χ2n) is 6.08. The molecule has 2 heterocycles. The monoisotopic (exact) mass is 341 g/mol. The maximum atomic E-state index is 12.3. The van der Waals surface area contributed by atoms with Gasteiger partial charge in [-0.25, -0.2) is 0 Å². The second-order valence-corrected chi connectivity index (χ2v) is 6.08. The highest BCUT2D eigenvalue weighted by molar-refractivity contribution is 5.94. The molecule has 0 aliphatic heterocycles. The number of amides is 1. The molecule has 8 nitrogen and oxygen atoms in total. The quantitative estimate of drug-likeness (QED) is 0.727. The lowest BCUT2D eigenvalue weighted by Crippen LogP contribution is -2.38. The zero-order chi connectivity index (χ0) is 18.0. The molecule has 2 N–H and O–H groups in total. The first-order valence-corrected chi connectivity index (χ1v) is 7.75. The predicted molar refractivity (Wildman–Crippen MR) is 89.6 cm³/mol. The summed E-state index contributed by atoms with van der Waals surface area (Å²) in [6.45, 7) is 3.44. The first-order chi connectivity index (χ1) is 11.8. The number of aromatic nitrogens is 4. The highest BCUT2D eigenvalue weighted by Gasteiger charge is 2.25. The fraction of sp³-hybridized carbons (Fsp3) is 0.294. The van der Waals surface area contributed by atoms with Crippen molar-refractivity contribution >= 4 is 5.91 Å². The van der Waals surface area contributed by atoms with E-state index in [2.05, 4.69) is 20.6 Å². The molecule has 25 heavy (non-hydrogen) atoms. The van der Waals surface area contributed by atoms with Crippen LogP contribution in [0.4, 0.5) is 0 Å². The normalized spacial score (nSPS) is 13.4. The lowest BCUT2D eigenvalue weighted by molar-refractivity contribution is 0.0526. The smallest absolute Gasteiger partial charge is 0.257 e. The Morgan fingerprint density at radius 1 is 1.36 bits per heavy atom. The van der Waals surface area contributed by atoms with E-state index in [1.165, 1.54) is 0 Å². The molecule has 2 aromatic heterocycles. The number of nitrogens with one attached hydrogen (secondary N) is 1. The Labute approximate surface area is 144 Å². The number of hydrogen-bond acceptors (Lipinski definition) is 6. The lowest BCUT2D eigenvalue weighted by atomic mass is 9.99. The van der Waals surface area contributed by atoms with Gasteiger partial charge >= 0.3 is 0 Å². The minimum Gasteiger partial charge on any atom is -0.383 e. The molecule has 1 atom stereocenters.